The van der Waals surface area contributed by atoms with Crippen molar-refractivity contribution in [3.63, 3.8) is 0 Å². The normalized spacial score (nSPS) is 11.5. The largest absolute Gasteiger partial charge is 0.595 e. The van der Waals surface area contributed by atoms with Crippen LogP contribution in [0.3, 0.4) is 0 Å². The number of aromatic nitrogens is 1. The van der Waals surface area contributed by atoms with E-state index in [2.05, 4.69) is 21.1 Å². The molecule has 42 heavy (non-hydrogen) atoms. The first-order valence-electron chi connectivity index (χ1n) is 12.9. The van der Waals surface area contributed by atoms with Crippen molar-refractivity contribution in [2.75, 3.05) is 49.8 Å². The number of carbonyl (C=O) groups is 2. The molecule has 220 valence electrons. The van der Waals surface area contributed by atoms with Crippen molar-refractivity contribution in [2.45, 2.75) is 6.92 Å². The zero-order valence-corrected chi connectivity index (χ0v) is 24.2. The summed E-state index contributed by atoms with van der Waals surface area (Å²) in [4.78, 5) is 27.8. The first-order valence-corrected chi connectivity index (χ1v) is 13.3. The van der Waals surface area contributed by atoms with Crippen LogP contribution in [-0.4, -0.2) is 56.5 Å². The van der Waals surface area contributed by atoms with Crippen LogP contribution in [0, 0.1) is 12.1 Å². The summed E-state index contributed by atoms with van der Waals surface area (Å²) >= 11 is 6.34. The predicted molar refractivity (Wildman–Crippen MR) is 160 cm³/mol. The van der Waals surface area contributed by atoms with Gasteiger partial charge in [-0.15, -0.1) is 0 Å². The van der Waals surface area contributed by atoms with E-state index in [0.29, 0.717) is 34.0 Å². The molecule has 5 N–H and O–H groups in total. The summed E-state index contributed by atoms with van der Waals surface area (Å²) in [5.41, 5.74) is 2.83. The van der Waals surface area contributed by atoms with E-state index in [1.165, 1.54) is 19.2 Å². The fourth-order valence-corrected chi connectivity index (χ4v) is 4.45. The Balaban J connectivity index is 1.44. The molecule has 1 heterocycles. The minimum atomic E-state index is -1.25. The molecule has 0 saturated heterocycles. The maximum atomic E-state index is 13.1. The highest BCUT2D eigenvalue weighted by Crippen LogP contribution is 2.33. The molecule has 1 aromatic heterocycles. The van der Waals surface area contributed by atoms with E-state index in [-0.39, 0.29) is 35.1 Å². The number of nitrogens with one attached hydrogen (secondary N) is 4. The summed E-state index contributed by atoms with van der Waals surface area (Å²) in [7, 11) is 5.30. The number of methoxy groups -OCH3 is 1. The molecule has 0 fully saturated rings. The van der Waals surface area contributed by atoms with E-state index >= 15 is 0 Å². The number of ether oxygens (including phenoxy) is 1. The molecule has 12 nitrogen and oxygen atoms in total. The summed E-state index contributed by atoms with van der Waals surface area (Å²) in [6, 6.07) is 16.8. The third-order valence-corrected chi connectivity index (χ3v) is 6.72. The van der Waals surface area contributed by atoms with Gasteiger partial charge in [-0.3, -0.25) is 9.59 Å². The molecular weight excluding hydrogens is 564 g/mol. The van der Waals surface area contributed by atoms with Crippen molar-refractivity contribution in [1.29, 1.82) is 0 Å². The molecule has 3 aromatic carbocycles. The van der Waals surface area contributed by atoms with Gasteiger partial charge in [0.25, 0.3) is 11.8 Å². The van der Waals surface area contributed by atoms with Crippen LogP contribution in [0.25, 0.3) is 11.3 Å². The van der Waals surface area contributed by atoms with Crippen molar-refractivity contribution < 1.29 is 29.3 Å². The second kappa shape index (κ2) is 13.4. The number of aryl methyl sites for hydroxylation is 1. The van der Waals surface area contributed by atoms with Crippen molar-refractivity contribution in [3.8, 4) is 17.0 Å². The maximum absolute atomic E-state index is 13.1. The van der Waals surface area contributed by atoms with Crippen LogP contribution in [0.15, 0.2) is 65.2 Å². The lowest BCUT2D eigenvalue weighted by molar-refractivity contribution is -0.990. The molecule has 4 rings (SSSR count). The molecule has 0 aliphatic rings. The molecular formula is C29H31ClN6O6. The lowest BCUT2D eigenvalue weighted by Gasteiger charge is -2.19. The van der Waals surface area contributed by atoms with Crippen LogP contribution in [0.4, 0.5) is 22.7 Å². The second-order valence-corrected chi connectivity index (χ2v) is 9.83. The first kappa shape index (κ1) is 30.3. The minimum Gasteiger partial charge on any atom is -0.595 e. The number of anilines is 3. The Morgan fingerprint density at radius 3 is 2.45 bits per heavy atom. The van der Waals surface area contributed by atoms with Gasteiger partial charge in [0.2, 0.25) is 0 Å². The van der Waals surface area contributed by atoms with Crippen molar-refractivity contribution >= 4 is 46.2 Å². The van der Waals surface area contributed by atoms with Gasteiger partial charge >= 0.3 is 0 Å². The van der Waals surface area contributed by atoms with Gasteiger partial charge in [-0.2, -0.15) is 5.23 Å². The third-order valence-electron chi connectivity index (χ3n) is 6.41. The van der Waals surface area contributed by atoms with Gasteiger partial charge in [-0.25, -0.2) is 5.21 Å². The quantitative estimate of drug-likeness (QED) is 0.128. The average molecular weight is 595 g/mol. The Morgan fingerprint density at radius 1 is 1.07 bits per heavy atom. The Hall–Kier alpha value is -4.62. The van der Waals surface area contributed by atoms with Gasteiger partial charge < -0.3 is 35.3 Å². The lowest BCUT2D eigenvalue weighted by atomic mass is 10.0. The van der Waals surface area contributed by atoms with E-state index in [1.807, 2.05) is 31.1 Å². The fraction of sp³-hybridized carbons (Fsp3) is 0.207. The molecule has 1 atom stereocenters. The number of hydrogen-bond acceptors (Lipinski definition) is 9. The summed E-state index contributed by atoms with van der Waals surface area (Å²) in [5, 5.41) is 33.1. The van der Waals surface area contributed by atoms with Crippen LogP contribution in [0.2, 0.25) is 5.02 Å². The maximum Gasteiger partial charge on any atom is 0.257 e. The highest BCUT2D eigenvalue weighted by atomic mass is 35.5. The van der Waals surface area contributed by atoms with Crippen LogP contribution in [-0.2, 0) is 0 Å². The number of carbonyl (C=O) groups excluding carboxylic acids is 2. The molecule has 0 radical (unpaired) electrons. The van der Waals surface area contributed by atoms with Crippen LogP contribution >= 0.6 is 11.6 Å². The molecule has 13 heteroatoms. The fourth-order valence-electron chi connectivity index (χ4n) is 4.22. The predicted octanol–water partition coefficient (Wildman–Crippen LogP) is 3.88. The first-order chi connectivity index (χ1) is 20.1. The number of amides is 2. The van der Waals surface area contributed by atoms with Crippen molar-refractivity contribution in [3.05, 3.63) is 87.8 Å². The summed E-state index contributed by atoms with van der Waals surface area (Å²) in [5.74, 6) is 0.0372. The number of hydrogen-bond donors (Lipinski definition) is 5. The van der Waals surface area contributed by atoms with Crippen molar-refractivity contribution in [1.82, 2.24) is 10.5 Å². The molecule has 0 aliphatic heterocycles. The van der Waals surface area contributed by atoms with Gasteiger partial charge in [0, 0.05) is 50.1 Å². The number of rotatable bonds is 11. The Bertz CT molecular complexity index is 1570. The molecule has 2 amide bonds. The number of nitrogens with zero attached hydrogens (tertiary/aromatic N) is 2. The number of benzene rings is 3. The van der Waals surface area contributed by atoms with Gasteiger partial charge in [-0.1, -0.05) is 28.9 Å². The topological polar surface area (TPSA) is 156 Å². The highest BCUT2D eigenvalue weighted by molar-refractivity contribution is 6.33. The number of para-hydroxylation sites is 1. The van der Waals surface area contributed by atoms with E-state index < -0.39 is 17.0 Å². The monoisotopic (exact) mass is 594 g/mol. The van der Waals surface area contributed by atoms with E-state index in [9.17, 15) is 20.0 Å². The molecule has 0 aliphatic carbocycles. The van der Waals surface area contributed by atoms with Crippen LogP contribution in [0.1, 0.15) is 26.5 Å². The lowest BCUT2D eigenvalue weighted by Crippen LogP contribution is -2.99. The summed E-state index contributed by atoms with van der Waals surface area (Å²) in [6.07, 6.45) is 0. The zero-order chi connectivity index (χ0) is 30.4. The smallest absolute Gasteiger partial charge is 0.257 e. The standard InChI is InChI=1S/C29H31ClN6O6/c1-17-26(27(34-42-17)20-7-5-6-8-25(20)41-4)29(38)32-14-13-31-22-16-23(24(36(39)40)15-21(22)30)33-28(37)18-9-11-19(12-10-18)35(2)3/h5-12,15-16,31,36,39H,13-14H2,1-4H3,(H,32,38)(H,33,37). The zero-order valence-electron chi connectivity index (χ0n) is 23.4. The van der Waals surface area contributed by atoms with Gasteiger partial charge in [0.1, 0.15) is 28.5 Å². The summed E-state index contributed by atoms with van der Waals surface area (Å²) in [6.45, 7) is 2.08. The molecule has 0 saturated carbocycles. The van der Waals surface area contributed by atoms with Crippen LogP contribution < -0.4 is 30.8 Å². The Labute approximate surface area is 247 Å². The second-order valence-electron chi connectivity index (χ2n) is 9.42. The minimum absolute atomic E-state index is 0.0710. The summed E-state index contributed by atoms with van der Waals surface area (Å²) < 4.78 is 10.7. The van der Waals surface area contributed by atoms with E-state index in [1.54, 1.807) is 43.3 Å². The molecule has 0 spiro atoms. The average Bonchev–Trinajstić information content (AvgIpc) is 3.37. The third kappa shape index (κ3) is 6.81. The molecule has 4 aromatic rings. The SMILES string of the molecule is COc1ccccc1-c1noc(C)c1C(=O)NCCNc1cc(NC(=O)c2ccc(N(C)C)cc2)c([NH+]([O-])O)cc1Cl. The number of quaternary nitrogens is 1. The van der Waals surface area contributed by atoms with Gasteiger partial charge in [0.15, 0.2) is 5.69 Å². The van der Waals surface area contributed by atoms with Crippen LogP contribution in [0.5, 0.6) is 5.75 Å². The Morgan fingerprint density at radius 2 is 1.79 bits per heavy atom. The van der Waals surface area contributed by atoms with E-state index in [4.69, 9.17) is 20.9 Å². The molecule has 0 bridgehead atoms. The molecule has 1 unspecified atom stereocenters. The van der Waals surface area contributed by atoms with E-state index in [0.717, 1.165) is 5.69 Å². The van der Waals surface area contributed by atoms with Crippen molar-refractivity contribution in [2.24, 2.45) is 0 Å². The Kier molecular flexibility index (Phi) is 9.65. The van der Waals surface area contributed by atoms with Gasteiger partial charge in [0.05, 0.1) is 17.8 Å². The highest BCUT2D eigenvalue weighted by Gasteiger charge is 2.23. The number of halogens is 1. The van der Waals surface area contributed by atoms with Gasteiger partial charge in [-0.05, 0) is 49.4 Å².